The predicted molar refractivity (Wildman–Crippen MR) is 129 cm³/mol. The molecular weight excluding hydrogens is 412 g/mol. The van der Waals surface area contributed by atoms with Crippen molar-refractivity contribution in [2.24, 2.45) is 0 Å². The number of aromatic nitrogens is 3. The number of pyridine rings is 3. The molecule has 0 saturated carbocycles. The van der Waals surface area contributed by atoms with E-state index in [4.69, 9.17) is 0 Å². The van der Waals surface area contributed by atoms with Crippen molar-refractivity contribution in [2.45, 2.75) is 19.5 Å². The molecular formula is C27H24N4O2. The summed E-state index contributed by atoms with van der Waals surface area (Å²) in [6.07, 6.45) is 6.02. The lowest BCUT2D eigenvalue weighted by molar-refractivity contribution is 0.261. The Bertz CT molecular complexity index is 1320. The van der Waals surface area contributed by atoms with E-state index in [1.54, 1.807) is 24.5 Å². The van der Waals surface area contributed by atoms with Gasteiger partial charge in [0.25, 0.3) is 0 Å². The predicted octanol–water partition coefficient (Wildman–Crippen LogP) is 4.83. The molecule has 0 amide bonds. The third-order valence-corrected chi connectivity index (χ3v) is 5.88. The largest absolute Gasteiger partial charge is 0.506 e. The first kappa shape index (κ1) is 20.8. The number of hydrogen-bond donors (Lipinski definition) is 2. The van der Waals surface area contributed by atoms with Gasteiger partial charge in [-0.15, -0.1) is 0 Å². The molecule has 2 N–H and O–H groups in total. The van der Waals surface area contributed by atoms with Gasteiger partial charge in [0, 0.05) is 61.1 Å². The van der Waals surface area contributed by atoms with Crippen molar-refractivity contribution in [2.75, 3.05) is 6.54 Å². The highest BCUT2D eigenvalue weighted by Gasteiger charge is 2.15. The molecule has 0 fully saturated rings. The lowest BCUT2D eigenvalue weighted by Crippen LogP contribution is -2.26. The van der Waals surface area contributed by atoms with Crippen LogP contribution in [0.25, 0.3) is 21.8 Å². The zero-order chi connectivity index (χ0) is 22.6. The van der Waals surface area contributed by atoms with Crippen molar-refractivity contribution in [1.82, 2.24) is 19.9 Å². The number of rotatable bonds is 7. The highest BCUT2D eigenvalue weighted by molar-refractivity contribution is 5.88. The van der Waals surface area contributed by atoms with Crippen LogP contribution < -0.4 is 0 Å². The zero-order valence-electron chi connectivity index (χ0n) is 18.1. The van der Waals surface area contributed by atoms with E-state index in [0.717, 1.165) is 40.6 Å². The van der Waals surface area contributed by atoms with Crippen molar-refractivity contribution in [3.8, 4) is 11.5 Å². The monoisotopic (exact) mass is 436 g/mol. The topological polar surface area (TPSA) is 82.4 Å². The van der Waals surface area contributed by atoms with Crippen LogP contribution in [0.5, 0.6) is 11.5 Å². The van der Waals surface area contributed by atoms with E-state index in [0.29, 0.717) is 24.1 Å². The summed E-state index contributed by atoms with van der Waals surface area (Å²) in [6, 6.07) is 21.1. The van der Waals surface area contributed by atoms with Gasteiger partial charge < -0.3 is 10.2 Å². The van der Waals surface area contributed by atoms with Crippen molar-refractivity contribution in [3.05, 3.63) is 102 Å². The Morgan fingerprint density at radius 1 is 0.606 bits per heavy atom. The van der Waals surface area contributed by atoms with Crippen LogP contribution in [0.2, 0.25) is 0 Å². The normalized spacial score (nSPS) is 11.4. The summed E-state index contributed by atoms with van der Waals surface area (Å²) < 4.78 is 0. The molecule has 2 aromatic carbocycles. The van der Waals surface area contributed by atoms with E-state index >= 15 is 0 Å². The Morgan fingerprint density at radius 2 is 1.18 bits per heavy atom. The maximum absolute atomic E-state index is 10.2. The summed E-state index contributed by atoms with van der Waals surface area (Å²) >= 11 is 0. The van der Waals surface area contributed by atoms with E-state index in [1.807, 2.05) is 60.8 Å². The zero-order valence-corrected chi connectivity index (χ0v) is 18.1. The fraction of sp³-hybridized carbons (Fsp3) is 0.148. The first-order valence-electron chi connectivity index (χ1n) is 10.9. The quantitative estimate of drug-likeness (QED) is 0.380. The minimum atomic E-state index is 0.185. The minimum absolute atomic E-state index is 0.185. The SMILES string of the molecule is Oc1ccc(CN(CCc2ccccn2)Cc2ccc(O)c3ncccc23)c2cccnc12. The van der Waals surface area contributed by atoms with Crippen LogP contribution in [0, 0.1) is 0 Å². The van der Waals surface area contributed by atoms with Crippen LogP contribution in [-0.4, -0.2) is 36.6 Å². The summed E-state index contributed by atoms with van der Waals surface area (Å²) in [6.45, 7) is 2.15. The van der Waals surface area contributed by atoms with Crippen LogP contribution >= 0.6 is 0 Å². The summed E-state index contributed by atoms with van der Waals surface area (Å²) in [5.74, 6) is 0.370. The van der Waals surface area contributed by atoms with Gasteiger partial charge in [0.15, 0.2) is 0 Å². The molecule has 0 saturated heterocycles. The summed E-state index contributed by atoms with van der Waals surface area (Å²) in [4.78, 5) is 15.6. The molecule has 0 aliphatic carbocycles. The van der Waals surface area contributed by atoms with Gasteiger partial charge in [-0.1, -0.05) is 30.3 Å². The smallest absolute Gasteiger partial charge is 0.141 e. The first-order valence-corrected chi connectivity index (χ1v) is 10.9. The molecule has 0 unspecified atom stereocenters. The third kappa shape index (κ3) is 4.47. The van der Waals surface area contributed by atoms with Crippen LogP contribution in [0.15, 0.2) is 85.3 Å². The van der Waals surface area contributed by atoms with E-state index in [-0.39, 0.29) is 11.5 Å². The molecule has 6 nitrogen and oxygen atoms in total. The van der Waals surface area contributed by atoms with Crippen LogP contribution in [0.4, 0.5) is 0 Å². The number of benzene rings is 2. The molecule has 0 aliphatic heterocycles. The highest BCUT2D eigenvalue weighted by atomic mass is 16.3. The fourth-order valence-corrected chi connectivity index (χ4v) is 4.22. The molecule has 0 aliphatic rings. The molecule has 0 bridgehead atoms. The average molecular weight is 437 g/mol. The van der Waals surface area contributed by atoms with Crippen molar-refractivity contribution in [3.63, 3.8) is 0 Å². The number of phenolic OH excluding ortho intramolecular Hbond substituents is 2. The summed E-state index contributed by atoms with van der Waals surface area (Å²) in [5, 5.41) is 22.4. The van der Waals surface area contributed by atoms with E-state index < -0.39 is 0 Å². The lowest BCUT2D eigenvalue weighted by atomic mass is 10.0. The molecule has 0 spiro atoms. The Labute approximate surface area is 191 Å². The minimum Gasteiger partial charge on any atom is -0.506 e. The second-order valence-electron chi connectivity index (χ2n) is 8.07. The molecule has 3 aromatic heterocycles. The molecule has 33 heavy (non-hydrogen) atoms. The number of hydrogen-bond acceptors (Lipinski definition) is 6. The van der Waals surface area contributed by atoms with Gasteiger partial charge in [-0.2, -0.15) is 0 Å². The Morgan fingerprint density at radius 3 is 1.73 bits per heavy atom. The number of fused-ring (bicyclic) bond motifs is 2. The average Bonchev–Trinajstić information content (AvgIpc) is 2.87. The van der Waals surface area contributed by atoms with Crippen LogP contribution in [0.1, 0.15) is 16.8 Å². The molecule has 0 atom stereocenters. The number of aromatic hydroxyl groups is 2. The van der Waals surface area contributed by atoms with E-state index in [2.05, 4.69) is 19.9 Å². The summed E-state index contributed by atoms with van der Waals surface area (Å²) in [5.41, 5.74) is 4.45. The maximum Gasteiger partial charge on any atom is 0.141 e. The van der Waals surface area contributed by atoms with Crippen molar-refractivity contribution < 1.29 is 10.2 Å². The van der Waals surface area contributed by atoms with Gasteiger partial charge in [-0.05, 0) is 47.5 Å². The molecule has 164 valence electrons. The fourth-order valence-electron chi connectivity index (χ4n) is 4.22. The van der Waals surface area contributed by atoms with E-state index in [1.165, 1.54) is 0 Å². The van der Waals surface area contributed by atoms with Gasteiger partial charge in [0.1, 0.15) is 22.5 Å². The van der Waals surface area contributed by atoms with E-state index in [9.17, 15) is 10.2 Å². The van der Waals surface area contributed by atoms with Gasteiger partial charge in [0.05, 0.1) is 0 Å². The van der Waals surface area contributed by atoms with Crippen molar-refractivity contribution in [1.29, 1.82) is 0 Å². The number of phenols is 2. The maximum atomic E-state index is 10.2. The molecule has 5 aromatic rings. The van der Waals surface area contributed by atoms with Crippen molar-refractivity contribution >= 4 is 21.8 Å². The molecule has 5 rings (SSSR count). The van der Waals surface area contributed by atoms with Gasteiger partial charge in [-0.3, -0.25) is 19.9 Å². The van der Waals surface area contributed by atoms with Crippen LogP contribution in [0.3, 0.4) is 0 Å². The Kier molecular flexibility index (Phi) is 5.83. The second kappa shape index (κ2) is 9.22. The lowest BCUT2D eigenvalue weighted by Gasteiger charge is -2.24. The number of nitrogens with zero attached hydrogens (tertiary/aromatic N) is 4. The van der Waals surface area contributed by atoms with Gasteiger partial charge >= 0.3 is 0 Å². The third-order valence-electron chi connectivity index (χ3n) is 5.88. The summed E-state index contributed by atoms with van der Waals surface area (Å²) in [7, 11) is 0. The van der Waals surface area contributed by atoms with Crippen LogP contribution in [-0.2, 0) is 19.5 Å². The Hall–Kier alpha value is -4.03. The molecule has 0 radical (unpaired) electrons. The Balaban J connectivity index is 1.49. The first-order chi connectivity index (χ1) is 16.2. The van der Waals surface area contributed by atoms with Gasteiger partial charge in [-0.25, -0.2) is 0 Å². The molecule has 3 heterocycles. The standard InChI is InChI=1S/C27H24N4O2/c32-24-10-8-19(22-6-3-14-29-26(22)24)17-31(16-12-21-5-1-2-13-28-21)18-20-9-11-25(33)27-23(20)7-4-15-30-27/h1-11,13-15,32-33H,12,16-18H2. The highest BCUT2D eigenvalue weighted by Crippen LogP contribution is 2.29. The molecule has 6 heteroatoms. The van der Waals surface area contributed by atoms with Gasteiger partial charge in [0.2, 0.25) is 0 Å². The second-order valence-corrected chi connectivity index (χ2v) is 8.07.